The van der Waals surface area contributed by atoms with Crippen LogP contribution < -0.4 is 10.9 Å². The average molecular weight is 307 g/mol. The molecule has 0 spiro atoms. The van der Waals surface area contributed by atoms with E-state index in [9.17, 15) is 9.59 Å². The summed E-state index contributed by atoms with van der Waals surface area (Å²) in [5.41, 5.74) is 2.44. The van der Waals surface area contributed by atoms with Crippen LogP contribution in [0, 0.1) is 17.2 Å². The van der Waals surface area contributed by atoms with Crippen molar-refractivity contribution in [1.29, 1.82) is 5.26 Å². The number of amides is 1. The summed E-state index contributed by atoms with van der Waals surface area (Å²) in [6.07, 6.45) is 2.75. The summed E-state index contributed by atoms with van der Waals surface area (Å²) in [5.74, 6) is 0.0543. The zero-order valence-electron chi connectivity index (χ0n) is 12.8. The lowest BCUT2D eigenvalue weighted by Crippen LogP contribution is -2.27. The van der Waals surface area contributed by atoms with Gasteiger partial charge in [-0.3, -0.25) is 9.59 Å². The summed E-state index contributed by atoms with van der Waals surface area (Å²) in [5, 5.41) is 11.7. The molecule has 1 aliphatic rings. The second kappa shape index (κ2) is 6.09. The molecule has 1 amide bonds. The fourth-order valence-electron chi connectivity index (χ4n) is 2.93. The molecule has 0 fully saturated rings. The number of aromatic amines is 1. The highest BCUT2D eigenvalue weighted by Crippen LogP contribution is 2.23. The van der Waals surface area contributed by atoms with Crippen LogP contribution in [0.15, 0.2) is 35.1 Å². The van der Waals surface area contributed by atoms with Gasteiger partial charge in [0.25, 0.3) is 11.5 Å². The van der Waals surface area contributed by atoms with Crippen molar-refractivity contribution in [3.8, 4) is 6.07 Å². The Kier molecular flexibility index (Phi) is 3.98. The Labute approximate surface area is 134 Å². The molecule has 1 heterocycles. The number of benzene rings is 1. The summed E-state index contributed by atoms with van der Waals surface area (Å²) in [4.78, 5) is 27.4. The van der Waals surface area contributed by atoms with Crippen molar-refractivity contribution in [2.24, 2.45) is 5.92 Å². The topological polar surface area (TPSA) is 85.8 Å². The van der Waals surface area contributed by atoms with Crippen LogP contribution in [0.1, 0.15) is 40.5 Å². The summed E-state index contributed by atoms with van der Waals surface area (Å²) in [6.45, 7) is 2.16. The van der Waals surface area contributed by atoms with Crippen molar-refractivity contribution in [1.82, 2.24) is 4.98 Å². The van der Waals surface area contributed by atoms with E-state index in [1.165, 1.54) is 0 Å². The van der Waals surface area contributed by atoms with Gasteiger partial charge in [0.2, 0.25) is 0 Å². The van der Waals surface area contributed by atoms with Crippen LogP contribution in [-0.2, 0) is 12.8 Å². The number of hydrogen-bond donors (Lipinski definition) is 2. The van der Waals surface area contributed by atoms with E-state index in [0.29, 0.717) is 17.2 Å². The van der Waals surface area contributed by atoms with Gasteiger partial charge in [-0.2, -0.15) is 5.26 Å². The number of rotatable bonds is 2. The molecule has 0 saturated heterocycles. The maximum atomic E-state index is 12.4. The van der Waals surface area contributed by atoms with Crippen molar-refractivity contribution in [2.45, 2.75) is 26.2 Å². The zero-order chi connectivity index (χ0) is 16.4. The monoisotopic (exact) mass is 307 g/mol. The van der Waals surface area contributed by atoms with Crippen LogP contribution in [0.4, 0.5) is 5.69 Å². The van der Waals surface area contributed by atoms with E-state index in [4.69, 9.17) is 5.26 Å². The van der Waals surface area contributed by atoms with E-state index in [1.54, 1.807) is 30.3 Å². The number of para-hydroxylation sites is 1. The van der Waals surface area contributed by atoms with Crippen LogP contribution >= 0.6 is 0 Å². The van der Waals surface area contributed by atoms with Crippen LogP contribution in [0.5, 0.6) is 0 Å². The summed E-state index contributed by atoms with van der Waals surface area (Å²) in [6, 6.07) is 10.4. The van der Waals surface area contributed by atoms with E-state index in [-0.39, 0.29) is 11.1 Å². The number of carbonyl (C=O) groups excluding carboxylic acids is 1. The fraction of sp³-hybridized carbons (Fsp3) is 0.278. The molecule has 5 heteroatoms. The van der Waals surface area contributed by atoms with E-state index < -0.39 is 5.91 Å². The minimum Gasteiger partial charge on any atom is -0.325 e. The normalized spacial score (nSPS) is 16.3. The summed E-state index contributed by atoms with van der Waals surface area (Å²) in [7, 11) is 0. The third-order valence-corrected chi connectivity index (χ3v) is 4.21. The van der Waals surface area contributed by atoms with Gasteiger partial charge in [0.1, 0.15) is 11.6 Å². The molecule has 3 rings (SSSR count). The molecule has 116 valence electrons. The average Bonchev–Trinajstić information content (AvgIpc) is 2.55. The van der Waals surface area contributed by atoms with Gasteiger partial charge in [0, 0.05) is 5.69 Å². The molecule has 23 heavy (non-hydrogen) atoms. The van der Waals surface area contributed by atoms with Gasteiger partial charge in [0.05, 0.1) is 11.3 Å². The second-order valence-corrected chi connectivity index (χ2v) is 5.98. The predicted octanol–water partition coefficient (Wildman–Crippen LogP) is 2.62. The molecule has 1 aromatic carbocycles. The van der Waals surface area contributed by atoms with Crippen molar-refractivity contribution in [2.75, 3.05) is 5.32 Å². The van der Waals surface area contributed by atoms with Crippen molar-refractivity contribution < 1.29 is 4.79 Å². The lowest BCUT2D eigenvalue weighted by atomic mass is 9.87. The highest BCUT2D eigenvalue weighted by atomic mass is 16.2. The van der Waals surface area contributed by atoms with Gasteiger partial charge in [-0.05, 0) is 48.9 Å². The second-order valence-electron chi connectivity index (χ2n) is 5.98. The summed E-state index contributed by atoms with van der Waals surface area (Å²) < 4.78 is 0. The Morgan fingerprint density at radius 1 is 1.39 bits per heavy atom. The molecule has 1 atom stereocenters. The number of pyridine rings is 1. The third-order valence-electron chi connectivity index (χ3n) is 4.21. The van der Waals surface area contributed by atoms with Gasteiger partial charge >= 0.3 is 0 Å². The van der Waals surface area contributed by atoms with Gasteiger partial charge in [-0.15, -0.1) is 0 Å². The summed E-state index contributed by atoms with van der Waals surface area (Å²) >= 11 is 0. The highest BCUT2D eigenvalue weighted by Gasteiger charge is 2.20. The Balaban J connectivity index is 1.93. The molecule has 0 bridgehead atoms. The van der Waals surface area contributed by atoms with Crippen LogP contribution in [-0.4, -0.2) is 10.9 Å². The molecule has 0 radical (unpaired) electrons. The predicted molar refractivity (Wildman–Crippen MR) is 87.4 cm³/mol. The third kappa shape index (κ3) is 3.02. The van der Waals surface area contributed by atoms with Crippen LogP contribution in [0.2, 0.25) is 0 Å². The maximum absolute atomic E-state index is 12.4. The first kappa shape index (κ1) is 15.0. The molecule has 1 unspecified atom stereocenters. The maximum Gasteiger partial charge on any atom is 0.261 e. The number of nitriles is 1. The molecular formula is C18H17N3O2. The minimum absolute atomic E-state index is 0.0885. The quantitative estimate of drug-likeness (QED) is 0.894. The SMILES string of the molecule is CC1CCc2[nH]c(=O)c(C(=O)Nc3ccccc3C#N)cc2C1. The first-order chi connectivity index (χ1) is 11.1. The number of carbonyl (C=O) groups is 1. The van der Waals surface area contributed by atoms with Crippen molar-refractivity contribution in [3.05, 3.63) is 63.1 Å². The molecule has 0 saturated carbocycles. The number of hydrogen-bond acceptors (Lipinski definition) is 3. The van der Waals surface area contributed by atoms with E-state index >= 15 is 0 Å². The number of nitrogens with zero attached hydrogens (tertiary/aromatic N) is 1. The molecule has 1 aromatic heterocycles. The van der Waals surface area contributed by atoms with Gasteiger partial charge in [-0.1, -0.05) is 19.1 Å². The van der Waals surface area contributed by atoms with Gasteiger partial charge in [-0.25, -0.2) is 0 Å². The highest BCUT2D eigenvalue weighted by molar-refractivity contribution is 6.04. The number of fused-ring (bicyclic) bond motifs is 1. The Morgan fingerprint density at radius 2 is 2.17 bits per heavy atom. The molecule has 5 nitrogen and oxygen atoms in total. The van der Waals surface area contributed by atoms with Gasteiger partial charge < -0.3 is 10.3 Å². The zero-order valence-corrected chi connectivity index (χ0v) is 12.8. The lowest BCUT2D eigenvalue weighted by molar-refractivity contribution is 0.102. The van der Waals surface area contributed by atoms with E-state index in [1.807, 2.05) is 6.07 Å². The molecular weight excluding hydrogens is 290 g/mol. The first-order valence-corrected chi connectivity index (χ1v) is 7.64. The number of aryl methyl sites for hydroxylation is 1. The molecule has 1 aliphatic carbocycles. The number of nitrogens with one attached hydrogen (secondary N) is 2. The number of anilines is 1. The Hall–Kier alpha value is -2.87. The first-order valence-electron chi connectivity index (χ1n) is 7.64. The molecule has 0 aliphatic heterocycles. The van der Waals surface area contributed by atoms with E-state index in [2.05, 4.69) is 17.2 Å². The van der Waals surface area contributed by atoms with Crippen molar-refractivity contribution >= 4 is 11.6 Å². The van der Waals surface area contributed by atoms with Gasteiger partial charge in [0.15, 0.2) is 0 Å². The fourth-order valence-corrected chi connectivity index (χ4v) is 2.93. The number of aromatic nitrogens is 1. The Morgan fingerprint density at radius 3 is 2.96 bits per heavy atom. The molecule has 2 N–H and O–H groups in total. The Bertz CT molecular complexity index is 861. The number of H-pyrrole nitrogens is 1. The van der Waals surface area contributed by atoms with Crippen molar-refractivity contribution in [3.63, 3.8) is 0 Å². The lowest BCUT2D eigenvalue weighted by Gasteiger charge is -2.21. The van der Waals surface area contributed by atoms with Crippen LogP contribution in [0.3, 0.4) is 0 Å². The molecule has 2 aromatic rings. The van der Waals surface area contributed by atoms with Crippen LogP contribution in [0.25, 0.3) is 0 Å². The largest absolute Gasteiger partial charge is 0.325 e. The minimum atomic E-state index is -0.491. The standard InChI is InChI=1S/C18H17N3O2/c1-11-6-7-16-13(8-11)9-14(18(23)21-16)17(22)20-15-5-3-2-4-12(15)10-19/h2-5,9,11H,6-8H2,1H3,(H,20,22)(H,21,23). The smallest absolute Gasteiger partial charge is 0.261 e. The van der Waals surface area contributed by atoms with E-state index in [0.717, 1.165) is 30.5 Å².